The van der Waals surface area contributed by atoms with E-state index in [1.54, 1.807) is 0 Å². The lowest BCUT2D eigenvalue weighted by molar-refractivity contribution is -0.0124. The van der Waals surface area contributed by atoms with Gasteiger partial charge in [-0.15, -0.1) is 0 Å². The Morgan fingerprint density at radius 2 is 1.42 bits per heavy atom. The molecule has 0 aliphatic carbocycles. The molecule has 1 fully saturated rings. The van der Waals surface area contributed by atoms with Crippen LogP contribution in [-0.2, 0) is 0 Å². The average Bonchev–Trinajstić information content (AvgIpc) is 1.80. The van der Waals surface area contributed by atoms with Gasteiger partial charge in [0.1, 0.15) is 0 Å². The Morgan fingerprint density at radius 3 is 1.75 bits per heavy atom. The molecule has 0 saturated carbocycles. The zero-order valence-corrected chi connectivity index (χ0v) is 8.94. The van der Waals surface area contributed by atoms with Gasteiger partial charge in [0.15, 0.2) is 0 Å². The van der Waals surface area contributed by atoms with Crippen LogP contribution in [0.15, 0.2) is 0 Å². The van der Waals surface area contributed by atoms with Gasteiger partial charge >= 0.3 is 0 Å². The number of nitrogens with one attached hydrogen (secondary N) is 1. The molecule has 1 N–H and O–H groups in total. The van der Waals surface area contributed by atoms with Gasteiger partial charge in [0.25, 0.3) is 0 Å². The Bertz CT molecular complexity index is 155. The van der Waals surface area contributed by atoms with Crippen LogP contribution in [0.4, 0.5) is 0 Å². The summed E-state index contributed by atoms with van der Waals surface area (Å²) in [4.78, 5) is 2.41. The topological polar surface area (TPSA) is 27.0 Å². The van der Waals surface area contributed by atoms with Crippen molar-refractivity contribution in [2.75, 3.05) is 7.05 Å². The SMILES string of the molecule is CN1C(C)(C)CC([NH])CC1(C)C. The predicted octanol–water partition coefficient (Wildman–Crippen LogP) is 1.92. The highest BCUT2D eigenvalue weighted by molar-refractivity contribution is 4.99. The van der Waals surface area contributed by atoms with E-state index in [1.807, 2.05) is 0 Å². The van der Waals surface area contributed by atoms with Crippen molar-refractivity contribution in [2.24, 2.45) is 0 Å². The van der Waals surface area contributed by atoms with Crippen molar-refractivity contribution >= 4 is 0 Å². The first-order valence-electron chi connectivity index (χ1n) is 4.71. The van der Waals surface area contributed by atoms with Crippen molar-refractivity contribution in [3.05, 3.63) is 0 Å². The summed E-state index contributed by atoms with van der Waals surface area (Å²) in [7, 11) is 2.17. The Kier molecular flexibility index (Phi) is 2.26. The van der Waals surface area contributed by atoms with Gasteiger partial charge in [-0.05, 0) is 47.6 Å². The first-order chi connectivity index (χ1) is 5.26. The molecule has 12 heavy (non-hydrogen) atoms. The summed E-state index contributed by atoms with van der Waals surface area (Å²) in [5.41, 5.74) is 8.22. The van der Waals surface area contributed by atoms with Crippen LogP contribution in [-0.4, -0.2) is 29.1 Å². The summed E-state index contributed by atoms with van der Waals surface area (Å²) in [6, 6.07) is 0.117. The lowest BCUT2D eigenvalue weighted by Crippen LogP contribution is -2.60. The maximum Gasteiger partial charge on any atom is 0.0247 e. The summed E-state index contributed by atoms with van der Waals surface area (Å²) in [6.07, 6.45) is 1.99. The number of rotatable bonds is 0. The minimum absolute atomic E-state index is 0.117. The highest BCUT2D eigenvalue weighted by Crippen LogP contribution is 2.36. The molecule has 1 aliphatic heterocycles. The molecule has 1 saturated heterocycles. The molecule has 2 nitrogen and oxygen atoms in total. The van der Waals surface area contributed by atoms with Crippen molar-refractivity contribution in [3.8, 4) is 0 Å². The highest BCUT2D eigenvalue weighted by atomic mass is 15.2. The Balaban J connectivity index is 2.84. The molecule has 1 aliphatic rings. The van der Waals surface area contributed by atoms with Crippen molar-refractivity contribution in [1.29, 1.82) is 0 Å². The molecule has 71 valence electrons. The molecular formula is C10H21N2. The number of hydrogen-bond donors (Lipinski definition) is 0. The monoisotopic (exact) mass is 169 g/mol. The molecule has 0 aromatic rings. The van der Waals surface area contributed by atoms with Crippen LogP contribution in [0.5, 0.6) is 0 Å². The molecule has 0 unspecified atom stereocenters. The van der Waals surface area contributed by atoms with Gasteiger partial charge in [-0.2, -0.15) is 0 Å². The van der Waals surface area contributed by atoms with E-state index >= 15 is 0 Å². The summed E-state index contributed by atoms with van der Waals surface area (Å²) < 4.78 is 0. The van der Waals surface area contributed by atoms with E-state index in [0.29, 0.717) is 0 Å². The largest absolute Gasteiger partial charge is 0.296 e. The van der Waals surface area contributed by atoms with E-state index in [-0.39, 0.29) is 17.1 Å². The van der Waals surface area contributed by atoms with Gasteiger partial charge in [0, 0.05) is 17.1 Å². The maximum atomic E-state index is 7.85. The zero-order chi connectivity index (χ0) is 9.57. The molecule has 0 amide bonds. The molecule has 2 heteroatoms. The fourth-order valence-electron chi connectivity index (χ4n) is 2.37. The summed E-state index contributed by atoms with van der Waals surface area (Å²) in [6.45, 7) is 8.93. The van der Waals surface area contributed by atoms with Gasteiger partial charge in [0.05, 0.1) is 0 Å². The van der Waals surface area contributed by atoms with Crippen LogP contribution >= 0.6 is 0 Å². The molecule has 0 aromatic heterocycles. The molecule has 0 bridgehead atoms. The Hall–Kier alpha value is -0.0800. The quantitative estimate of drug-likeness (QED) is 0.544. The first kappa shape index (κ1) is 10.0. The highest BCUT2D eigenvalue weighted by Gasteiger charge is 2.41. The summed E-state index contributed by atoms with van der Waals surface area (Å²) >= 11 is 0. The molecular weight excluding hydrogens is 148 g/mol. The third-order valence-corrected chi connectivity index (χ3v) is 3.31. The molecule has 0 aromatic carbocycles. The van der Waals surface area contributed by atoms with Crippen molar-refractivity contribution < 1.29 is 0 Å². The normalized spacial score (nSPS) is 30.5. The van der Waals surface area contributed by atoms with Gasteiger partial charge < -0.3 is 0 Å². The van der Waals surface area contributed by atoms with Crippen LogP contribution < -0.4 is 5.73 Å². The second kappa shape index (κ2) is 2.71. The van der Waals surface area contributed by atoms with Crippen LogP contribution in [0.2, 0.25) is 0 Å². The van der Waals surface area contributed by atoms with Crippen LogP contribution in [0, 0.1) is 0 Å². The Morgan fingerprint density at radius 1 is 1.08 bits per heavy atom. The lowest BCUT2D eigenvalue weighted by atomic mass is 9.78. The van der Waals surface area contributed by atoms with E-state index in [4.69, 9.17) is 5.73 Å². The van der Waals surface area contributed by atoms with Crippen LogP contribution in [0.1, 0.15) is 40.5 Å². The second-order valence-electron chi connectivity index (χ2n) is 5.29. The predicted molar refractivity (Wildman–Crippen MR) is 52.0 cm³/mol. The minimum atomic E-state index is 0.117. The van der Waals surface area contributed by atoms with E-state index in [0.717, 1.165) is 12.8 Å². The van der Waals surface area contributed by atoms with Crippen LogP contribution in [0.25, 0.3) is 0 Å². The third kappa shape index (κ3) is 1.64. The molecule has 0 atom stereocenters. The van der Waals surface area contributed by atoms with Crippen molar-refractivity contribution in [3.63, 3.8) is 0 Å². The molecule has 1 heterocycles. The van der Waals surface area contributed by atoms with Crippen molar-refractivity contribution in [2.45, 2.75) is 57.7 Å². The van der Waals surface area contributed by atoms with Gasteiger partial charge in [0.2, 0.25) is 0 Å². The van der Waals surface area contributed by atoms with Gasteiger partial charge in [-0.25, -0.2) is 0 Å². The lowest BCUT2D eigenvalue weighted by Gasteiger charge is -2.52. The van der Waals surface area contributed by atoms with Crippen molar-refractivity contribution in [1.82, 2.24) is 10.6 Å². The minimum Gasteiger partial charge on any atom is -0.296 e. The third-order valence-electron chi connectivity index (χ3n) is 3.31. The standard InChI is InChI=1S/C10H21N2/c1-9(2)6-8(11)7-10(3,4)12(9)5/h8,11H,6-7H2,1-5H3. The number of likely N-dealkylation sites (tertiary alicyclic amines) is 1. The fourth-order valence-corrected chi connectivity index (χ4v) is 2.37. The molecule has 0 spiro atoms. The first-order valence-corrected chi connectivity index (χ1v) is 4.71. The summed E-state index contributed by atoms with van der Waals surface area (Å²) in [5, 5.41) is 0. The number of nitrogens with zero attached hydrogens (tertiary/aromatic N) is 1. The summed E-state index contributed by atoms with van der Waals surface area (Å²) in [5.74, 6) is 0. The van der Waals surface area contributed by atoms with Crippen LogP contribution in [0.3, 0.4) is 0 Å². The molecule has 1 rings (SSSR count). The zero-order valence-electron chi connectivity index (χ0n) is 8.94. The van der Waals surface area contributed by atoms with Gasteiger partial charge in [-0.1, -0.05) is 0 Å². The fraction of sp³-hybridized carbons (Fsp3) is 1.00. The van der Waals surface area contributed by atoms with E-state index in [2.05, 4.69) is 39.6 Å². The van der Waals surface area contributed by atoms with Gasteiger partial charge in [-0.3, -0.25) is 10.6 Å². The van der Waals surface area contributed by atoms with E-state index in [1.165, 1.54) is 0 Å². The smallest absolute Gasteiger partial charge is 0.0247 e. The van der Waals surface area contributed by atoms with E-state index < -0.39 is 0 Å². The number of hydrogen-bond acceptors (Lipinski definition) is 1. The average molecular weight is 169 g/mol. The number of piperidine rings is 1. The van der Waals surface area contributed by atoms with E-state index in [9.17, 15) is 0 Å². The molecule has 1 radical (unpaired) electrons. The second-order valence-corrected chi connectivity index (χ2v) is 5.29. The maximum absolute atomic E-state index is 7.85. The Labute approximate surface area is 76.1 Å².